The minimum absolute atomic E-state index is 0.883. The van der Waals surface area contributed by atoms with Gasteiger partial charge in [-0.25, -0.2) is 4.79 Å². The van der Waals surface area contributed by atoms with Gasteiger partial charge in [-0.1, -0.05) is 0 Å². The lowest BCUT2D eigenvalue weighted by Crippen LogP contribution is -2.31. The molecule has 0 fully saturated rings. The molecular weight excluding hydrogens is 140 g/mol. The Kier molecular flexibility index (Phi) is 2.25. The number of carboxylic acid groups (broad SMARTS) is 1. The molecule has 0 rings (SSSR count). The minimum Gasteiger partial charge on any atom is -0.475 e. The van der Waals surface area contributed by atoms with Gasteiger partial charge in [0.05, 0.1) is 4.75 Å². The zero-order valence-electron chi connectivity index (χ0n) is 5.21. The van der Waals surface area contributed by atoms with Crippen LogP contribution in [-0.2, 0) is 9.59 Å². The number of rotatable bonds is 2. The average Bonchev–Trinajstić information content (AvgIpc) is 1.62. The SMILES string of the molecule is CC(C)(S)C(=O)C(=O)O. The summed E-state index contributed by atoms with van der Waals surface area (Å²) in [4.78, 5) is 20.4. The number of carboxylic acids is 1. The molecule has 0 atom stereocenters. The molecule has 0 aromatic rings. The molecule has 0 spiro atoms. The second-order valence-electron chi connectivity index (χ2n) is 2.19. The zero-order chi connectivity index (χ0) is 7.65. The van der Waals surface area contributed by atoms with Gasteiger partial charge < -0.3 is 5.11 Å². The Morgan fingerprint density at radius 2 is 1.78 bits per heavy atom. The summed E-state index contributed by atoms with van der Waals surface area (Å²) in [6, 6.07) is 0. The Morgan fingerprint density at radius 1 is 1.44 bits per heavy atom. The van der Waals surface area contributed by atoms with E-state index in [1.807, 2.05) is 0 Å². The molecule has 0 radical (unpaired) electrons. The van der Waals surface area contributed by atoms with E-state index < -0.39 is 16.5 Å². The molecule has 0 aromatic carbocycles. The van der Waals surface area contributed by atoms with E-state index in [4.69, 9.17) is 5.11 Å². The maximum absolute atomic E-state index is 10.5. The minimum atomic E-state index is -1.44. The highest BCUT2D eigenvalue weighted by atomic mass is 32.1. The molecule has 0 aliphatic heterocycles. The summed E-state index contributed by atoms with van der Waals surface area (Å²) < 4.78 is -1.06. The summed E-state index contributed by atoms with van der Waals surface area (Å²) in [5, 5.41) is 8.12. The normalized spacial score (nSPS) is 11.0. The lowest BCUT2D eigenvalue weighted by atomic mass is 10.1. The maximum atomic E-state index is 10.5. The van der Waals surface area contributed by atoms with Crippen LogP contribution in [0.4, 0.5) is 0 Å². The first-order chi connectivity index (χ1) is 3.85. The van der Waals surface area contributed by atoms with Crippen LogP contribution in [0, 0.1) is 0 Å². The van der Waals surface area contributed by atoms with Crippen molar-refractivity contribution in [3.8, 4) is 0 Å². The van der Waals surface area contributed by atoms with Gasteiger partial charge in [0.25, 0.3) is 5.78 Å². The third kappa shape index (κ3) is 2.51. The van der Waals surface area contributed by atoms with E-state index in [1.54, 1.807) is 0 Å². The molecule has 0 bridgehead atoms. The molecule has 0 amide bonds. The van der Waals surface area contributed by atoms with Crippen molar-refractivity contribution in [3.63, 3.8) is 0 Å². The Balaban J connectivity index is 4.23. The first-order valence-corrected chi connectivity index (χ1v) is 2.80. The molecule has 0 saturated carbocycles. The highest BCUT2D eigenvalue weighted by molar-refractivity contribution is 7.82. The van der Waals surface area contributed by atoms with Crippen LogP contribution in [0.1, 0.15) is 13.8 Å². The maximum Gasteiger partial charge on any atom is 0.373 e. The number of thiol groups is 1. The van der Waals surface area contributed by atoms with Crippen molar-refractivity contribution in [1.82, 2.24) is 0 Å². The van der Waals surface area contributed by atoms with E-state index in [9.17, 15) is 9.59 Å². The number of aliphatic carboxylic acids is 1. The van der Waals surface area contributed by atoms with Gasteiger partial charge in [-0.3, -0.25) is 4.79 Å². The number of carbonyl (C=O) groups is 2. The molecule has 0 aromatic heterocycles. The Labute approximate surface area is 58.5 Å². The molecule has 0 heterocycles. The Hall–Kier alpha value is -0.510. The third-order valence-corrected chi connectivity index (χ3v) is 0.953. The Bertz CT molecular complexity index is 145. The molecule has 3 nitrogen and oxygen atoms in total. The van der Waals surface area contributed by atoms with Crippen LogP contribution in [-0.4, -0.2) is 21.6 Å². The number of hydrogen-bond donors (Lipinski definition) is 2. The van der Waals surface area contributed by atoms with E-state index in [0.717, 1.165) is 0 Å². The van der Waals surface area contributed by atoms with Crippen LogP contribution in [0.25, 0.3) is 0 Å². The highest BCUT2D eigenvalue weighted by Crippen LogP contribution is 2.12. The van der Waals surface area contributed by atoms with Crippen molar-refractivity contribution >= 4 is 24.4 Å². The summed E-state index contributed by atoms with van der Waals surface area (Å²) in [6.07, 6.45) is 0. The van der Waals surface area contributed by atoms with Crippen molar-refractivity contribution in [1.29, 1.82) is 0 Å². The number of ketones is 1. The first kappa shape index (κ1) is 8.49. The molecule has 9 heavy (non-hydrogen) atoms. The fourth-order valence-electron chi connectivity index (χ4n) is 0.262. The van der Waals surface area contributed by atoms with E-state index in [0.29, 0.717) is 0 Å². The molecule has 0 unspecified atom stereocenters. The molecular formula is C5H8O3S. The quantitative estimate of drug-likeness (QED) is 0.439. The van der Waals surface area contributed by atoms with Crippen LogP contribution in [0.2, 0.25) is 0 Å². The average molecular weight is 148 g/mol. The number of hydrogen-bond acceptors (Lipinski definition) is 3. The predicted octanol–water partition coefficient (Wildman–Crippen LogP) is 0.349. The zero-order valence-corrected chi connectivity index (χ0v) is 6.11. The molecule has 1 N–H and O–H groups in total. The van der Waals surface area contributed by atoms with Crippen molar-refractivity contribution in [2.45, 2.75) is 18.6 Å². The van der Waals surface area contributed by atoms with Crippen LogP contribution in [0.15, 0.2) is 0 Å². The lowest BCUT2D eigenvalue weighted by molar-refractivity contribution is -0.149. The second kappa shape index (κ2) is 2.39. The van der Waals surface area contributed by atoms with Gasteiger partial charge in [0, 0.05) is 0 Å². The monoisotopic (exact) mass is 148 g/mol. The summed E-state index contributed by atoms with van der Waals surface area (Å²) in [7, 11) is 0. The van der Waals surface area contributed by atoms with Gasteiger partial charge in [0.2, 0.25) is 0 Å². The van der Waals surface area contributed by atoms with E-state index in [2.05, 4.69) is 12.6 Å². The standard InChI is InChI=1S/C5H8O3S/c1-5(2,9)3(6)4(7)8/h9H,1-2H3,(H,7,8). The summed E-state index contributed by atoms with van der Waals surface area (Å²) in [5.41, 5.74) is 0. The summed E-state index contributed by atoms with van der Waals surface area (Å²) >= 11 is 3.76. The van der Waals surface area contributed by atoms with E-state index in [-0.39, 0.29) is 0 Å². The molecule has 4 heteroatoms. The van der Waals surface area contributed by atoms with Crippen molar-refractivity contribution < 1.29 is 14.7 Å². The van der Waals surface area contributed by atoms with Gasteiger partial charge in [0.1, 0.15) is 0 Å². The van der Waals surface area contributed by atoms with Crippen LogP contribution < -0.4 is 0 Å². The van der Waals surface area contributed by atoms with Crippen LogP contribution in [0.5, 0.6) is 0 Å². The number of carbonyl (C=O) groups excluding carboxylic acids is 1. The van der Waals surface area contributed by atoms with Crippen LogP contribution in [0.3, 0.4) is 0 Å². The van der Waals surface area contributed by atoms with Gasteiger partial charge in [-0.05, 0) is 13.8 Å². The lowest BCUT2D eigenvalue weighted by Gasteiger charge is -2.10. The van der Waals surface area contributed by atoms with Crippen molar-refractivity contribution in [3.05, 3.63) is 0 Å². The fraction of sp³-hybridized carbons (Fsp3) is 0.600. The molecule has 0 saturated heterocycles. The topological polar surface area (TPSA) is 54.4 Å². The van der Waals surface area contributed by atoms with E-state index >= 15 is 0 Å². The predicted molar refractivity (Wildman–Crippen MR) is 35.7 cm³/mol. The Morgan fingerprint density at radius 3 is 1.78 bits per heavy atom. The van der Waals surface area contributed by atoms with Crippen molar-refractivity contribution in [2.24, 2.45) is 0 Å². The summed E-state index contributed by atoms with van der Waals surface area (Å²) in [6.45, 7) is 2.87. The number of Topliss-reactive ketones (excluding diaryl/α,β-unsaturated/α-hetero) is 1. The van der Waals surface area contributed by atoms with Crippen LogP contribution >= 0.6 is 12.6 Å². The smallest absolute Gasteiger partial charge is 0.373 e. The van der Waals surface area contributed by atoms with Gasteiger partial charge in [-0.2, -0.15) is 12.6 Å². The van der Waals surface area contributed by atoms with E-state index in [1.165, 1.54) is 13.8 Å². The molecule has 0 aliphatic rings. The van der Waals surface area contributed by atoms with Crippen molar-refractivity contribution in [2.75, 3.05) is 0 Å². The second-order valence-corrected chi connectivity index (χ2v) is 3.31. The largest absolute Gasteiger partial charge is 0.475 e. The van der Waals surface area contributed by atoms with Gasteiger partial charge in [-0.15, -0.1) is 0 Å². The fourth-order valence-corrected chi connectivity index (χ4v) is 0.357. The highest BCUT2D eigenvalue weighted by Gasteiger charge is 2.28. The van der Waals surface area contributed by atoms with Gasteiger partial charge in [0.15, 0.2) is 0 Å². The molecule has 0 aliphatic carbocycles. The first-order valence-electron chi connectivity index (χ1n) is 2.36. The van der Waals surface area contributed by atoms with Gasteiger partial charge >= 0.3 is 5.97 Å². The third-order valence-electron chi connectivity index (χ3n) is 0.750. The summed E-state index contributed by atoms with van der Waals surface area (Å²) in [5.74, 6) is -2.32. The molecule has 52 valence electrons.